The van der Waals surface area contributed by atoms with Crippen LogP contribution in [0, 0.1) is 5.92 Å². The highest BCUT2D eigenvalue weighted by molar-refractivity contribution is 5.79. The first-order valence-corrected chi connectivity index (χ1v) is 4.31. The normalized spacial score (nSPS) is 27.2. The fourth-order valence-electron chi connectivity index (χ4n) is 1.66. The van der Waals surface area contributed by atoms with Gasteiger partial charge in [0, 0.05) is 18.4 Å². The summed E-state index contributed by atoms with van der Waals surface area (Å²) in [6.07, 6.45) is 3.62. The van der Waals surface area contributed by atoms with E-state index in [0.717, 1.165) is 19.3 Å². The highest BCUT2D eigenvalue weighted by Crippen LogP contribution is 2.28. The molecule has 1 fully saturated rings. The predicted octanol–water partition coefficient (Wildman–Crippen LogP) is 1.48. The Morgan fingerprint density at radius 3 is 2.55 bits per heavy atom. The Labute approximate surface area is 68.2 Å². The van der Waals surface area contributed by atoms with Crippen LogP contribution in [0.2, 0.25) is 0 Å². The molecule has 0 aromatic carbocycles. The van der Waals surface area contributed by atoms with Crippen LogP contribution in [0.15, 0.2) is 0 Å². The minimum absolute atomic E-state index is 0.171. The quantitative estimate of drug-likeness (QED) is 0.623. The van der Waals surface area contributed by atoms with Crippen molar-refractivity contribution in [2.45, 2.75) is 45.1 Å². The average molecular weight is 155 g/mol. The van der Waals surface area contributed by atoms with Crippen LogP contribution < -0.4 is 5.73 Å². The summed E-state index contributed by atoms with van der Waals surface area (Å²) < 4.78 is 0. The summed E-state index contributed by atoms with van der Waals surface area (Å²) >= 11 is 0. The van der Waals surface area contributed by atoms with Crippen molar-refractivity contribution in [3.05, 3.63) is 0 Å². The summed E-state index contributed by atoms with van der Waals surface area (Å²) in [5.74, 6) is 0.795. The molecule has 0 heterocycles. The molecule has 1 unspecified atom stereocenters. The standard InChI is InChI=1S/C9H17NO/c1-9(2,10)7-4-3-5-8(11)6-7/h7H,3-6,10H2,1-2H3. The molecule has 0 aromatic heterocycles. The van der Waals surface area contributed by atoms with Gasteiger partial charge in [-0.15, -0.1) is 0 Å². The number of hydrogen-bond acceptors (Lipinski definition) is 2. The minimum atomic E-state index is -0.171. The van der Waals surface area contributed by atoms with Gasteiger partial charge in [-0.25, -0.2) is 0 Å². The first-order valence-electron chi connectivity index (χ1n) is 4.31. The molecule has 0 amide bonds. The van der Waals surface area contributed by atoms with Crippen molar-refractivity contribution >= 4 is 5.78 Å². The third-order valence-corrected chi connectivity index (χ3v) is 2.53. The van der Waals surface area contributed by atoms with Gasteiger partial charge in [-0.2, -0.15) is 0 Å². The third kappa shape index (κ3) is 2.29. The fourth-order valence-corrected chi connectivity index (χ4v) is 1.66. The Morgan fingerprint density at radius 2 is 2.18 bits per heavy atom. The first-order chi connectivity index (χ1) is 5.00. The van der Waals surface area contributed by atoms with Gasteiger partial charge in [0.2, 0.25) is 0 Å². The van der Waals surface area contributed by atoms with Gasteiger partial charge in [-0.1, -0.05) is 0 Å². The van der Waals surface area contributed by atoms with Crippen LogP contribution in [-0.4, -0.2) is 11.3 Å². The van der Waals surface area contributed by atoms with Crippen molar-refractivity contribution < 1.29 is 4.79 Å². The Hall–Kier alpha value is -0.370. The second-order valence-corrected chi connectivity index (χ2v) is 4.15. The Morgan fingerprint density at radius 1 is 1.55 bits per heavy atom. The van der Waals surface area contributed by atoms with Crippen molar-refractivity contribution in [3.63, 3.8) is 0 Å². The summed E-state index contributed by atoms with van der Waals surface area (Å²) in [7, 11) is 0. The van der Waals surface area contributed by atoms with Gasteiger partial charge in [0.05, 0.1) is 0 Å². The third-order valence-electron chi connectivity index (χ3n) is 2.53. The summed E-state index contributed by atoms with van der Waals surface area (Å²) in [4.78, 5) is 11.1. The van der Waals surface area contributed by atoms with Gasteiger partial charge in [0.1, 0.15) is 5.78 Å². The number of Topliss-reactive ketones (excluding diaryl/α,β-unsaturated/α-hetero) is 1. The van der Waals surface area contributed by atoms with Crippen LogP contribution >= 0.6 is 0 Å². The van der Waals surface area contributed by atoms with Gasteiger partial charge < -0.3 is 5.73 Å². The van der Waals surface area contributed by atoms with E-state index in [1.165, 1.54) is 0 Å². The molecule has 0 bridgehead atoms. The van der Waals surface area contributed by atoms with Crippen molar-refractivity contribution in [2.75, 3.05) is 0 Å². The number of nitrogens with two attached hydrogens (primary N) is 1. The molecule has 1 atom stereocenters. The van der Waals surface area contributed by atoms with Gasteiger partial charge in [0.15, 0.2) is 0 Å². The van der Waals surface area contributed by atoms with Gasteiger partial charge in [0.25, 0.3) is 0 Å². The number of rotatable bonds is 1. The molecular weight excluding hydrogens is 138 g/mol. The van der Waals surface area contributed by atoms with Gasteiger partial charge in [-0.3, -0.25) is 4.79 Å². The smallest absolute Gasteiger partial charge is 0.133 e. The van der Waals surface area contributed by atoms with Crippen molar-refractivity contribution in [1.82, 2.24) is 0 Å². The zero-order valence-electron chi connectivity index (χ0n) is 7.39. The fraction of sp³-hybridized carbons (Fsp3) is 0.889. The number of carbonyl (C=O) groups is 1. The number of carbonyl (C=O) groups excluding carboxylic acids is 1. The maximum absolute atomic E-state index is 11.1. The van der Waals surface area contributed by atoms with E-state index in [0.29, 0.717) is 18.1 Å². The molecule has 1 rings (SSSR count). The SMILES string of the molecule is CC(C)(N)C1CCCC(=O)C1. The van der Waals surface area contributed by atoms with E-state index in [1.807, 2.05) is 13.8 Å². The Bertz CT molecular complexity index is 157. The van der Waals surface area contributed by atoms with Crippen molar-refractivity contribution in [1.29, 1.82) is 0 Å². The molecule has 1 aliphatic rings. The molecule has 2 N–H and O–H groups in total. The van der Waals surface area contributed by atoms with Crippen LogP contribution in [-0.2, 0) is 4.79 Å². The highest BCUT2D eigenvalue weighted by Gasteiger charge is 2.29. The molecule has 64 valence electrons. The zero-order chi connectivity index (χ0) is 8.48. The molecule has 0 spiro atoms. The minimum Gasteiger partial charge on any atom is -0.325 e. The largest absolute Gasteiger partial charge is 0.325 e. The van der Waals surface area contributed by atoms with E-state index < -0.39 is 0 Å². The molecule has 1 aliphatic carbocycles. The lowest BCUT2D eigenvalue weighted by molar-refractivity contribution is -0.122. The second-order valence-electron chi connectivity index (χ2n) is 4.15. The van der Waals surface area contributed by atoms with Crippen LogP contribution in [0.1, 0.15) is 39.5 Å². The lowest BCUT2D eigenvalue weighted by Gasteiger charge is -2.32. The van der Waals surface area contributed by atoms with Gasteiger partial charge in [-0.05, 0) is 32.6 Å². The topological polar surface area (TPSA) is 43.1 Å². The molecule has 0 aliphatic heterocycles. The molecule has 0 saturated heterocycles. The first kappa shape index (κ1) is 8.72. The molecule has 2 nitrogen and oxygen atoms in total. The molecule has 0 aromatic rings. The van der Waals surface area contributed by atoms with Crippen LogP contribution in [0.4, 0.5) is 0 Å². The molecule has 0 radical (unpaired) electrons. The highest BCUT2D eigenvalue weighted by atomic mass is 16.1. The summed E-state index contributed by atoms with van der Waals surface area (Å²) in [6, 6.07) is 0. The molecular formula is C9H17NO. The molecule has 2 heteroatoms. The predicted molar refractivity (Wildman–Crippen MR) is 45.2 cm³/mol. The van der Waals surface area contributed by atoms with E-state index in [2.05, 4.69) is 0 Å². The van der Waals surface area contributed by atoms with Crippen molar-refractivity contribution in [2.24, 2.45) is 11.7 Å². The lowest BCUT2D eigenvalue weighted by Crippen LogP contribution is -2.43. The molecule has 11 heavy (non-hydrogen) atoms. The average Bonchev–Trinajstić information content (AvgIpc) is 1.86. The van der Waals surface area contributed by atoms with Crippen LogP contribution in [0.5, 0.6) is 0 Å². The number of ketones is 1. The summed E-state index contributed by atoms with van der Waals surface area (Å²) in [6.45, 7) is 4.02. The lowest BCUT2D eigenvalue weighted by atomic mass is 9.77. The zero-order valence-corrected chi connectivity index (χ0v) is 7.39. The maximum atomic E-state index is 11.1. The van der Waals surface area contributed by atoms with Crippen molar-refractivity contribution in [3.8, 4) is 0 Å². The Balaban J connectivity index is 2.53. The van der Waals surface area contributed by atoms with E-state index >= 15 is 0 Å². The monoisotopic (exact) mass is 155 g/mol. The van der Waals surface area contributed by atoms with Crippen LogP contribution in [0.3, 0.4) is 0 Å². The number of hydrogen-bond donors (Lipinski definition) is 1. The molecule has 1 saturated carbocycles. The van der Waals surface area contributed by atoms with Crippen LogP contribution in [0.25, 0.3) is 0 Å². The van der Waals surface area contributed by atoms with Gasteiger partial charge >= 0.3 is 0 Å². The Kier molecular flexibility index (Phi) is 2.33. The van der Waals surface area contributed by atoms with E-state index in [4.69, 9.17) is 5.73 Å². The summed E-state index contributed by atoms with van der Waals surface area (Å²) in [5.41, 5.74) is 5.75. The maximum Gasteiger partial charge on any atom is 0.133 e. The van der Waals surface area contributed by atoms with E-state index in [1.54, 1.807) is 0 Å². The second kappa shape index (κ2) is 2.94. The summed E-state index contributed by atoms with van der Waals surface area (Å²) in [5, 5.41) is 0. The van der Waals surface area contributed by atoms with E-state index in [9.17, 15) is 4.79 Å². The van der Waals surface area contributed by atoms with E-state index in [-0.39, 0.29) is 5.54 Å².